The fraction of sp³-hybridized carbons (Fsp3) is 0.375. The van der Waals surface area contributed by atoms with Gasteiger partial charge in [0, 0.05) is 18.7 Å². The van der Waals surface area contributed by atoms with E-state index in [1.807, 2.05) is 0 Å². The van der Waals surface area contributed by atoms with E-state index >= 15 is 0 Å². The standard InChI is InChI=1S/C24H24F3N7O4/c25-24(26,27)15-4-1-3-14(7-15)21-30-8-18-22(32-21)34(16-5-2-6-33(18)11-16)23(37)31-19-9-29-20(10-28-19)38-13-17(36)12-35/h1,3-4,7-10,16-17,35-36H,2,5-6,11-13H2,(H,28,31,37)/t16-,17?/m0/s1. The van der Waals surface area contributed by atoms with Crippen LogP contribution in [0.5, 0.6) is 5.88 Å². The molecule has 3 N–H and O–H groups in total. The van der Waals surface area contributed by atoms with Gasteiger partial charge in [-0.3, -0.25) is 10.2 Å². The molecule has 1 unspecified atom stereocenters. The lowest BCUT2D eigenvalue weighted by atomic mass is 10.0. The molecule has 5 rings (SSSR count). The highest BCUT2D eigenvalue weighted by Crippen LogP contribution is 2.39. The lowest BCUT2D eigenvalue weighted by Crippen LogP contribution is -2.56. The van der Waals surface area contributed by atoms with Crippen molar-refractivity contribution in [3.05, 3.63) is 48.4 Å². The molecule has 14 heteroatoms. The number of aliphatic hydroxyl groups is 2. The average Bonchev–Trinajstić information content (AvgIpc) is 2.92. The minimum atomic E-state index is -4.51. The lowest BCUT2D eigenvalue weighted by molar-refractivity contribution is -0.137. The summed E-state index contributed by atoms with van der Waals surface area (Å²) in [5.41, 5.74) is -0.0194. The maximum absolute atomic E-state index is 13.4. The third-order valence-electron chi connectivity index (χ3n) is 6.24. The Balaban J connectivity index is 1.41. The summed E-state index contributed by atoms with van der Waals surface area (Å²) < 4.78 is 45.0. The number of benzene rings is 1. The summed E-state index contributed by atoms with van der Waals surface area (Å²) in [6.45, 7) is 0.686. The van der Waals surface area contributed by atoms with Crippen LogP contribution in [0, 0.1) is 0 Å². The molecule has 200 valence electrons. The van der Waals surface area contributed by atoms with Crippen molar-refractivity contribution in [3.8, 4) is 17.3 Å². The second-order valence-corrected chi connectivity index (χ2v) is 8.91. The van der Waals surface area contributed by atoms with Gasteiger partial charge in [-0.1, -0.05) is 12.1 Å². The van der Waals surface area contributed by atoms with Crippen molar-refractivity contribution in [2.24, 2.45) is 0 Å². The molecule has 1 aromatic carbocycles. The number of piperidine rings is 1. The minimum Gasteiger partial charge on any atom is -0.474 e. The number of carbonyl (C=O) groups excluding carboxylic acids is 1. The van der Waals surface area contributed by atoms with Gasteiger partial charge in [0.15, 0.2) is 17.5 Å². The Labute approximate surface area is 214 Å². The molecule has 0 aliphatic carbocycles. The second kappa shape index (κ2) is 10.4. The fourth-order valence-electron chi connectivity index (χ4n) is 4.42. The van der Waals surface area contributed by atoms with Crippen molar-refractivity contribution < 1.29 is 32.9 Å². The molecule has 2 aromatic heterocycles. The van der Waals surface area contributed by atoms with Gasteiger partial charge in [0.1, 0.15) is 12.7 Å². The molecule has 11 nitrogen and oxygen atoms in total. The molecule has 0 saturated carbocycles. The van der Waals surface area contributed by atoms with Gasteiger partial charge in [0.05, 0.1) is 42.5 Å². The van der Waals surface area contributed by atoms with Crippen molar-refractivity contribution in [2.75, 3.05) is 41.4 Å². The van der Waals surface area contributed by atoms with E-state index < -0.39 is 30.5 Å². The molecule has 38 heavy (non-hydrogen) atoms. The first-order valence-corrected chi connectivity index (χ1v) is 11.9. The van der Waals surface area contributed by atoms with Crippen molar-refractivity contribution in [1.29, 1.82) is 0 Å². The summed E-state index contributed by atoms with van der Waals surface area (Å²) in [4.78, 5) is 34.0. The van der Waals surface area contributed by atoms with Crippen LogP contribution < -0.4 is 19.9 Å². The van der Waals surface area contributed by atoms with Crippen LogP contribution in [-0.4, -0.2) is 74.6 Å². The van der Waals surface area contributed by atoms with E-state index in [4.69, 9.17) is 9.84 Å². The summed E-state index contributed by atoms with van der Waals surface area (Å²) in [5.74, 6) is 0.601. The highest BCUT2D eigenvalue weighted by molar-refractivity contribution is 6.04. The van der Waals surface area contributed by atoms with E-state index in [-0.39, 0.29) is 35.7 Å². The Morgan fingerprint density at radius 3 is 2.79 bits per heavy atom. The first-order valence-electron chi connectivity index (χ1n) is 11.9. The quantitative estimate of drug-likeness (QED) is 0.439. The molecular weight excluding hydrogens is 507 g/mol. The predicted molar refractivity (Wildman–Crippen MR) is 130 cm³/mol. The molecule has 2 aliphatic heterocycles. The minimum absolute atomic E-state index is 0.0696. The number of halogens is 3. The largest absolute Gasteiger partial charge is 0.474 e. The first kappa shape index (κ1) is 25.6. The number of nitrogens with one attached hydrogen (secondary N) is 1. The monoisotopic (exact) mass is 531 g/mol. The van der Waals surface area contributed by atoms with Gasteiger partial charge in [-0.05, 0) is 25.0 Å². The first-order chi connectivity index (χ1) is 18.2. The number of alkyl halides is 3. The van der Waals surface area contributed by atoms with Crippen molar-refractivity contribution in [2.45, 2.75) is 31.2 Å². The third kappa shape index (κ3) is 5.31. The zero-order chi connectivity index (χ0) is 26.9. The van der Waals surface area contributed by atoms with Crippen LogP contribution in [0.4, 0.5) is 35.3 Å². The van der Waals surface area contributed by atoms with Crippen LogP contribution in [0.15, 0.2) is 42.9 Å². The summed E-state index contributed by atoms with van der Waals surface area (Å²) >= 11 is 0. The van der Waals surface area contributed by atoms with Crippen LogP contribution in [-0.2, 0) is 6.18 Å². The normalized spacial score (nSPS) is 17.6. The van der Waals surface area contributed by atoms with Crippen molar-refractivity contribution in [1.82, 2.24) is 19.9 Å². The van der Waals surface area contributed by atoms with Gasteiger partial charge < -0.3 is 19.8 Å². The number of carbonyl (C=O) groups is 1. The number of hydrogen-bond donors (Lipinski definition) is 3. The topological polar surface area (TPSA) is 137 Å². The number of amides is 2. The number of rotatable bonds is 6. The Kier molecular flexibility index (Phi) is 6.99. The predicted octanol–water partition coefficient (Wildman–Crippen LogP) is 2.71. The number of anilines is 3. The number of urea groups is 1. The van der Waals surface area contributed by atoms with Crippen molar-refractivity contribution >= 4 is 23.4 Å². The molecule has 0 radical (unpaired) electrons. The van der Waals surface area contributed by atoms with Gasteiger partial charge in [-0.25, -0.2) is 24.7 Å². The zero-order valence-electron chi connectivity index (χ0n) is 20.0. The van der Waals surface area contributed by atoms with E-state index in [1.165, 1.54) is 35.6 Å². The molecule has 2 atom stereocenters. The number of fused-ring (bicyclic) bond motifs is 4. The van der Waals surface area contributed by atoms with Gasteiger partial charge in [-0.2, -0.15) is 13.2 Å². The average molecular weight is 531 g/mol. The lowest BCUT2D eigenvalue weighted by Gasteiger charge is -2.45. The molecule has 3 aromatic rings. The van der Waals surface area contributed by atoms with E-state index in [9.17, 15) is 23.1 Å². The molecule has 4 heterocycles. The number of hydrogen-bond acceptors (Lipinski definition) is 9. The second-order valence-electron chi connectivity index (χ2n) is 8.91. The molecule has 2 aliphatic rings. The van der Waals surface area contributed by atoms with E-state index in [2.05, 4.69) is 30.2 Å². The highest BCUT2D eigenvalue weighted by atomic mass is 19.4. The van der Waals surface area contributed by atoms with Crippen LogP contribution in [0.3, 0.4) is 0 Å². The third-order valence-corrected chi connectivity index (χ3v) is 6.24. The Morgan fingerprint density at radius 1 is 1.21 bits per heavy atom. The molecule has 2 bridgehead atoms. The van der Waals surface area contributed by atoms with Crippen LogP contribution in [0.1, 0.15) is 18.4 Å². The summed E-state index contributed by atoms with van der Waals surface area (Å²) in [5, 5.41) is 20.9. The molecule has 0 spiro atoms. The Morgan fingerprint density at radius 2 is 2.05 bits per heavy atom. The maximum Gasteiger partial charge on any atom is 0.416 e. The molecule has 1 saturated heterocycles. The Hall–Kier alpha value is -4.04. The summed E-state index contributed by atoms with van der Waals surface area (Å²) in [6, 6.07) is 4.00. The van der Waals surface area contributed by atoms with Gasteiger partial charge >= 0.3 is 12.2 Å². The van der Waals surface area contributed by atoms with Gasteiger partial charge in [-0.15, -0.1) is 0 Å². The van der Waals surface area contributed by atoms with Crippen molar-refractivity contribution in [3.63, 3.8) is 0 Å². The summed E-state index contributed by atoms with van der Waals surface area (Å²) in [6.07, 6.45) is 0.0662. The van der Waals surface area contributed by atoms with E-state index in [0.29, 0.717) is 18.1 Å². The maximum atomic E-state index is 13.4. The number of ether oxygens (including phenoxy) is 1. The fourth-order valence-corrected chi connectivity index (χ4v) is 4.42. The number of nitrogens with zero attached hydrogens (tertiary/aromatic N) is 6. The molecule has 2 amide bonds. The van der Waals surface area contributed by atoms with E-state index in [0.717, 1.165) is 31.5 Å². The smallest absolute Gasteiger partial charge is 0.416 e. The van der Waals surface area contributed by atoms with Gasteiger partial charge in [0.25, 0.3) is 0 Å². The molecular formula is C24H24F3N7O4. The number of aliphatic hydroxyl groups excluding tert-OH is 2. The van der Waals surface area contributed by atoms with Crippen LogP contribution in [0.2, 0.25) is 0 Å². The van der Waals surface area contributed by atoms with E-state index in [1.54, 1.807) is 0 Å². The summed E-state index contributed by atoms with van der Waals surface area (Å²) in [7, 11) is 0. The SMILES string of the molecule is O=C(Nc1cnc(OCC(O)CO)cn1)N1c2nc(-c3cccc(C(F)(F)F)c3)ncc2N2CCC[C@H]1C2. The van der Waals surface area contributed by atoms with Gasteiger partial charge in [0.2, 0.25) is 5.88 Å². The molecule has 1 fully saturated rings. The van der Waals surface area contributed by atoms with Crippen LogP contribution in [0.25, 0.3) is 11.4 Å². The zero-order valence-corrected chi connectivity index (χ0v) is 20.0. The number of aromatic nitrogens is 4. The highest BCUT2D eigenvalue weighted by Gasteiger charge is 2.39. The van der Waals surface area contributed by atoms with Crippen LogP contribution >= 0.6 is 0 Å². The Bertz CT molecular complexity index is 1310.